The highest BCUT2D eigenvalue weighted by atomic mass is 19.1. The summed E-state index contributed by atoms with van der Waals surface area (Å²) < 4.78 is 41.2. The summed E-state index contributed by atoms with van der Waals surface area (Å²) in [6.45, 7) is 6.99. The van der Waals surface area contributed by atoms with Crippen molar-refractivity contribution in [1.29, 1.82) is 0 Å². The normalized spacial score (nSPS) is 11.5. The molecule has 46 heavy (non-hydrogen) atoms. The van der Waals surface area contributed by atoms with Crippen LogP contribution in [0.3, 0.4) is 0 Å². The number of unbranched alkanes of at least 4 members (excludes halogenated alkanes) is 6. The number of rotatable bonds is 20. The summed E-state index contributed by atoms with van der Waals surface area (Å²) in [4.78, 5) is 37.1. The topological polar surface area (TPSA) is 97.4 Å². The summed E-state index contributed by atoms with van der Waals surface area (Å²) in [5, 5.41) is 0. The highest BCUT2D eigenvalue weighted by Crippen LogP contribution is 2.24. The summed E-state index contributed by atoms with van der Waals surface area (Å²) in [6.07, 6.45) is 8.25. The molecule has 0 radical (unpaired) electrons. The van der Waals surface area contributed by atoms with E-state index in [9.17, 15) is 18.8 Å². The minimum atomic E-state index is -1.25. The van der Waals surface area contributed by atoms with E-state index in [-0.39, 0.29) is 24.5 Å². The Bertz CT molecular complexity index is 1370. The Balaban J connectivity index is 1.46. The maximum absolute atomic E-state index is 14.7. The van der Waals surface area contributed by atoms with Crippen LogP contribution in [0.5, 0.6) is 11.5 Å². The van der Waals surface area contributed by atoms with Gasteiger partial charge in [-0.05, 0) is 67.3 Å². The summed E-state index contributed by atoms with van der Waals surface area (Å²) in [7, 11) is 0. The fourth-order valence-corrected chi connectivity index (χ4v) is 4.52. The molecule has 0 N–H and O–H groups in total. The first-order chi connectivity index (χ1) is 22.3. The monoisotopic (exact) mass is 636 g/mol. The molecular weight excluding hydrogens is 591 g/mol. The van der Waals surface area contributed by atoms with Gasteiger partial charge in [0.15, 0.2) is 6.10 Å². The average Bonchev–Trinajstić information content (AvgIpc) is 3.06. The lowest BCUT2D eigenvalue weighted by Crippen LogP contribution is -2.27. The number of hydrogen-bond donors (Lipinski definition) is 0. The van der Waals surface area contributed by atoms with Crippen LogP contribution >= 0.6 is 0 Å². The van der Waals surface area contributed by atoms with Crippen LogP contribution in [-0.4, -0.2) is 50.4 Å². The smallest absolute Gasteiger partial charge is 0.347 e. The third kappa shape index (κ3) is 12.3. The molecule has 3 aromatic rings. The Hall–Kier alpha value is -4.24. The van der Waals surface area contributed by atoms with Gasteiger partial charge in [-0.2, -0.15) is 0 Å². The molecule has 0 aliphatic carbocycles. The van der Waals surface area contributed by atoms with Gasteiger partial charge in [0, 0.05) is 12.7 Å². The van der Waals surface area contributed by atoms with Crippen molar-refractivity contribution >= 4 is 17.9 Å². The van der Waals surface area contributed by atoms with E-state index in [0.717, 1.165) is 41.9 Å². The number of benzene rings is 3. The molecule has 3 rings (SSSR count). The van der Waals surface area contributed by atoms with Crippen LogP contribution in [0.2, 0.25) is 0 Å². The average molecular weight is 637 g/mol. The van der Waals surface area contributed by atoms with Crippen LogP contribution < -0.4 is 9.47 Å². The molecule has 8 nitrogen and oxygen atoms in total. The third-order valence-electron chi connectivity index (χ3n) is 7.13. The van der Waals surface area contributed by atoms with Crippen LogP contribution in [0.25, 0.3) is 11.1 Å². The second-order valence-electron chi connectivity index (χ2n) is 10.9. The van der Waals surface area contributed by atoms with Gasteiger partial charge >= 0.3 is 17.9 Å². The Morgan fingerprint density at radius 2 is 1.30 bits per heavy atom. The number of carbonyl (C=O) groups excluding carboxylic acids is 3. The van der Waals surface area contributed by atoms with Gasteiger partial charge in [-0.1, -0.05) is 76.6 Å². The molecule has 0 aromatic heterocycles. The molecule has 9 heteroatoms. The summed E-state index contributed by atoms with van der Waals surface area (Å²) in [5.41, 5.74) is 1.74. The number of ether oxygens (including phenoxy) is 5. The molecular formula is C37H45FO8. The SMILES string of the molecule is CCCCCCCCCOc1ccc(-c2ccc(C(=O)Oc3ccc(C(=O)O[C@@H](C)C(=O)OCCOCCC)c(F)c3)cc2)cc1. The van der Waals surface area contributed by atoms with Gasteiger partial charge in [-0.15, -0.1) is 0 Å². The molecule has 0 fully saturated rings. The fourth-order valence-electron chi connectivity index (χ4n) is 4.52. The number of carbonyl (C=O) groups is 3. The number of halogens is 1. The molecule has 3 aromatic carbocycles. The molecule has 1 atom stereocenters. The van der Waals surface area contributed by atoms with Crippen LogP contribution in [0.1, 0.15) is 92.9 Å². The third-order valence-corrected chi connectivity index (χ3v) is 7.13. The molecule has 248 valence electrons. The largest absolute Gasteiger partial charge is 0.494 e. The number of hydrogen-bond acceptors (Lipinski definition) is 8. The molecule has 0 aliphatic rings. The lowest BCUT2D eigenvalue weighted by atomic mass is 10.0. The zero-order valence-corrected chi connectivity index (χ0v) is 27.1. The lowest BCUT2D eigenvalue weighted by Gasteiger charge is -2.13. The van der Waals surface area contributed by atoms with Gasteiger partial charge in [0.25, 0.3) is 0 Å². The first-order valence-electron chi connectivity index (χ1n) is 16.1. The van der Waals surface area contributed by atoms with Gasteiger partial charge in [0.05, 0.1) is 24.3 Å². The summed E-state index contributed by atoms with van der Waals surface area (Å²) in [6, 6.07) is 18.0. The van der Waals surface area contributed by atoms with Gasteiger partial charge in [-0.3, -0.25) is 0 Å². The summed E-state index contributed by atoms with van der Waals surface area (Å²) >= 11 is 0. The van der Waals surface area contributed by atoms with Crippen molar-refractivity contribution in [1.82, 2.24) is 0 Å². The van der Waals surface area contributed by atoms with E-state index < -0.39 is 35.4 Å². The van der Waals surface area contributed by atoms with Gasteiger partial charge in [0.2, 0.25) is 0 Å². The van der Waals surface area contributed by atoms with Gasteiger partial charge in [-0.25, -0.2) is 18.8 Å². The zero-order chi connectivity index (χ0) is 33.1. The van der Waals surface area contributed by atoms with Crippen molar-refractivity contribution < 1.29 is 42.5 Å². The van der Waals surface area contributed by atoms with Crippen LogP contribution in [0.15, 0.2) is 66.7 Å². The molecule has 0 spiro atoms. The molecule has 0 aliphatic heterocycles. The minimum absolute atomic E-state index is 0.0137. The molecule has 0 bridgehead atoms. The maximum Gasteiger partial charge on any atom is 0.347 e. The zero-order valence-electron chi connectivity index (χ0n) is 27.1. The first-order valence-corrected chi connectivity index (χ1v) is 16.1. The van der Waals surface area contributed by atoms with E-state index >= 15 is 0 Å². The van der Waals surface area contributed by atoms with Crippen molar-refractivity contribution in [3.63, 3.8) is 0 Å². The highest BCUT2D eigenvalue weighted by molar-refractivity contribution is 5.93. The predicted octanol–water partition coefficient (Wildman–Crippen LogP) is 8.36. The van der Waals surface area contributed by atoms with E-state index in [1.54, 1.807) is 24.3 Å². The van der Waals surface area contributed by atoms with E-state index in [2.05, 4.69) is 6.92 Å². The highest BCUT2D eigenvalue weighted by Gasteiger charge is 2.23. The number of esters is 3. The van der Waals surface area contributed by atoms with Gasteiger partial charge < -0.3 is 23.7 Å². The minimum Gasteiger partial charge on any atom is -0.494 e. The van der Waals surface area contributed by atoms with E-state index in [1.807, 2.05) is 31.2 Å². The van der Waals surface area contributed by atoms with Crippen molar-refractivity contribution in [3.05, 3.63) is 83.7 Å². The molecule has 0 heterocycles. The standard InChI is InChI=1S/C37H45FO8/c1-4-6-7-8-9-10-11-23-43-31-18-16-29(17-19-31)28-12-14-30(15-13-28)36(40)46-32-20-21-33(34(38)26-32)37(41)45-27(3)35(39)44-25-24-42-22-5-2/h12-21,26-27H,4-11,22-25H2,1-3H3/t27-/m0/s1. The van der Waals surface area contributed by atoms with E-state index in [4.69, 9.17) is 23.7 Å². The van der Waals surface area contributed by atoms with E-state index in [1.165, 1.54) is 51.5 Å². The Labute approximate surface area is 271 Å². The van der Waals surface area contributed by atoms with Crippen molar-refractivity contribution in [2.45, 2.75) is 78.2 Å². The second-order valence-corrected chi connectivity index (χ2v) is 10.9. The van der Waals surface area contributed by atoms with Crippen LogP contribution in [-0.2, 0) is 19.0 Å². The molecule has 0 saturated heterocycles. The van der Waals surface area contributed by atoms with Crippen LogP contribution in [0.4, 0.5) is 4.39 Å². The van der Waals surface area contributed by atoms with Crippen molar-refractivity contribution in [3.8, 4) is 22.6 Å². The fraction of sp³-hybridized carbons (Fsp3) is 0.432. The van der Waals surface area contributed by atoms with E-state index in [0.29, 0.717) is 13.2 Å². The molecule has 0 unspecified atom stereocenters. The predicted molar refractivity (Wildman–Crippen MR) is 174 cm³/mol. The Morgan fingerprint density at radius 1 is 0.674 bits per heavy atom. The van der Waals surface area contributed by atoms with Crippen molar-refractivity contribution in [2.24, 2.45) is 0 Å². The van der Waals surface area contributed by atoms with Crippen LogP contribution in [0, 0.1) is 5.82 Å². The van der Waals surface area contributed by atoms with Crippen molar-refractivity contribution in [2.75, 3.05) is 26.4 Å². The maximum atomic E-state index is 14.7. The Kier molecular flexibility index (Phi) is 15.8. The van der Waals surface area contributed by atoms with Gasteiger partial charge in [0.1, 0.15) is 23.9 Å². The Morgan fingerprint density at radius 3 is 1.96 bits per heavy atom. The lowest BCUT2D eigenvalue weighted by molar-refractivity contribution is -0.154. The molecule has 0 saturated carbocycles. The quantitative estimate of drug-likeness (QED) is 0.0694. The summed E-state index contributed by atoms with van der Waals surface area (Å²) in [5.74, 6) is -2.74. The molecule has 0 amide bonds. The first kappa shape index (κ1) is 36.2. The second kappa shape index (κ2) is 20.0.